The van der Waals surface area contributed by atoms with Gasteiger partial charge in [-0.15, -0.1) is 0 Å². The monoisotopic (exact) mass is 311 g/mol. The van der Waals surface area contributed by atoms with Crippen molar-refractivity contribution < 1.29 is 9.53 Å². The summed E-state index contributed by atoms with van der Waals surface area (Å²) >= 11 is 5.80. The first-order valence-electron chi connectivity index (χ1n) is 6.88. The summed E-state index contributed by atoms with van der Waals surface area (Å²) in [6, 6.07) is 14.8. The van der Waals surface area contributed by atoms with Crippen LogP contribution in [0.1, 0.15) is 5.56 Å². The molecule has 2 aromatic rings. The van der Waals surface area contributed by atoms with Crippen molar-refractivity contribution in [1.29, 1.82) is 0 Å². The van der Waals surface area contributed by atoms with Gasteiger partial charge in [0.25, 0.3) is 0 Å². The second kappa shape index (κ2) is 6.50. The molecule has 3 nitrogen and oxygen atoms in total. The minimum Gasteiger partial charge on any atom is -0.488 e. The SMILES string of the molecule is O=C(/C=C/C1=Cc2ccccc2OC1)Nc1ccc(Cl)cc1. The van der Waals surface area contributed by atoms with Gasteiger partial charge in [0.2, 0.25) is 5.91 Å². The van der Waals surface area contributed by atoms with Crippen LogP contribution in [0.3, 0.4) is 0 Å². The van der Waals surface area contributed by atoms with E-state index in [1.165, 1.54) is 6.08 Å². The van der Waals surface area contributed by atoms with Gasteiger partial charge in [0.1, 0.15) is 12.4 Å². The predicted molar refractivity (Wildman–Crippen MR) is 89.1 cm³/mol. The molecule has 110 valence electrons. The number of hydrogen-bond donors (Lipinski definition) is 1. The Hall–Kier alpha value is -2.52. The number of carbonyl (C=O) groups is 1. The lowest BCUT2D eigenvalue weighted by Crippen LogP contribution is -2.09. The minimum atomic E-state index is -0.193. The molecule has 0 aromatic heterocycles. The number of carbonyl (C=O) groups excluding carboxylic acids is 1. The first-order valence-corrected chi connectivity index (χ1v) is 7.25. The molecule has 0 aliphatic carbocycles. The summed E-state index contributed by atoms with van der Waals surface area (Å²) in [7, 11) is 0. The van der Waals surface area contributed by atoms with Crippen molar-refractivity contribution in [1.82, 2.24) is 0 Å². The summed E-state index contributed by atoms with van der Waals surface area (Å²) in [5.41, 5.74) is 2.68. The quantitative estimate of drug-likeness (QED) is 0.858. The molecule has 4 heteroatoms. The molecular formula is C18H14ClNO2. The Labute approximate surface area is 133 Å². The number of fused-ring (bicyclic) bond motifs is 1. The molecule has 22 heavy (non-hydrogen) atoms. The molecule has 0 bridgehead atoms. The van der Waals surface area contributed by atoms with Gasteiger partial charge in [0.15, 0.2) is 0 Å². The third-order valence-electron chi connectivity index (χ3n) is 3.21. The number of ether oxygens (including phenoxy) is 1. The fraction of sp³-hybridized carbons (Fsp3) is 0.0556. The Balaban J connectivity index is 1.66. The van der Waals surface area contributed by atoms with Crippen molar-refractivity contribution in [2.24, 2.45) is 0 Å². The number of anilines is 1. The Morgan fingerprint density at radius 2 is 1.91 bits per heavy atom. The lowest BCUT2D eigenvalue weighted by molar-refractivity contribution is -0.111. The maximum atomic E-state index is 11.9. The lowest BCUT2D eigenvalue weighted by Gasteiger charge is -2.15. The van der Waals surface area contributed by atoms with E-state index in [1.807, 2.05) is 30.3 Å². The maximum absolute atomic E-state index is 11.9. The normalized spacial score (nSPS) is 13.2. The Bertz CT molecular complexity index is 748. The van der Waals surface area contributed by atoms with Crippen LogP contribution in [0.15, 0.2) is 66.3 Å². The van der Waals surface area contributed by atoms with Crippen LogP contribution in [0, 0.1) is 0 Å². The van der Waals surface area contributed by atoms with E-state index in [0.717, 1.165) is 16.9 Å². The highest BCUT2D eigenvalue weighted by Gasteiger charge is 2.08. The third-order valence-corrected chi connectivity index (χ3v) is 3.47. The molecule has 0 saturated carbocycles. The van der Waals surface area contributed by atoms with E-state index in [2.05, 4.69) is 5.32 Å². The van der Waals surface area contributed by atoms with Gasteiger partial charge in [-0.05, 0) is 42.0 Å². The highest BCUT2D eigenvalue weighted by atomic mass is 35.5. The van der Waals surface area contributed by atoms with Gasteiger partial charge in [0, 0.05) is 22.3 Å². The molecule has 2 aromatic carbocycles. The fourth-order valence-corrected chi connectivity index (χ4v) is 2.26. The molecule has 1 N–H and O–H groups in total. The van der Waals surface area contributed by atoms with E-state index < -0.39 is 0 Å². The smallest absolute Gasteiger partial charge is 0.248 e. The zero-order valence-electron chi connectivity index (χ0n) is 11.8. The van der Waals surface area contributed by atoms with Crippen LogP contribution < -0.4 is 10.1 Å². The van der Waals surface area contributed by atoms with Crippen LogP contribution >= 0.6 is 11.6 Å². The molecule has 1 aliphatic heterocycles. The van der Waals surface area contributed by atoms with Gasteiger partial charge in [0.05, 0.1) is 0 Å². The number of nitrogens with one attached hydrogen (secondary N) is 1. The highest BCUT2D eigenvalue weighted by molar-refractivity contribution is 6.30. The van der Waals surface area contributed by atoms with Crippen molar-refractivity contribution in [3.63, 3.8) is 0 Å². The van der Waals surface area contributed by atoms with E-state index in [4.69, 9.17) is 16.3 Å². The zero-order chi connectivity index (χ0) is 15.4. The van der Waals surface area contributed by atoms with Crippen molar-refractivity contribution in [2.45, 2.75) is 0 Å². The second-order valence-electron chi connectivity index (χ2n) is 4.88. The minimum absolute atomic E-state index is 0.193. The molecule has 0 unspecified atom stereocenters. The first kappa shape index (κ1) is 14.4. The van der Waals surface area contributed by atoms with E-state index in [-0.39, 0.29) is 5.91 Å². The van der Waals surface area contributed by atoms with E-state index >= 15 is 0 Å². The van der Waals surface area contributed by atoms with Gasteiger partial charge in [-0.1, -0.05) is 35.9 Å². The number of rotatable bonds is 3. The topological polar surface area (TPSA) is 38.3 Å². The van der Waals surface area contributed by atoms with Crippen molar-refractivity contribution in [2.75, 3.05) is 11.9 Å². The first-order chi connectivity index (χ1) is 10.7. The molecule has 0 saturated heterocycles. The molecule has 0 spiro atoms. The molecule has 1 heterocycles. The van der Waals surface area contributed by atoms with E-state index in [9.17, 15) is 4.79 Å². The van der Waals surface area contributed by atoms with Gasteiger partial charge in [-0.25, -0.2) is 0 Å². The van der Waals surface area contributed by atoms with E-state index in [0.29, 0.717) is 17.3 Å². The fourth-order valence-electron chi connectivity index (χ4n) is 2.13. The van der Waals surface area contributed by atoms with Crippen molar-refractivity contribution >= 4 is 29.3 Å². The Morgan fingerprint density at radius 1 is 1.14 bits per heavy atom. The lowest BCUT2D eigenvalue weighted by atomic mass is 10.1. The molecular weight excluding hydrogens is 298 g/mol. The van der Waals surface area contributed by atoms with Gasteiger partial charge in [-0.2, -0.15) is 0 Å². The molecule has 0 radical (unpaired) electrons. The number of amides is 1. The van der Waals surface area contributed by atoms with Crippen LogP contribution in [0.5, 0.6) is 5.75 Å². The highest BCUT2D eigenvalue weighted by Crippen LogP contribution is 2.26. The van der Waals surface area contributed by atoms with Gasteiger partial charge < -0.3 is 10.1 Å². The summed E-state index contributed by atoms with van der Waals surface area (Å²) in [5, 5.41) is 3.41. The summed E-state index contributed by atoms with van der Waals surface area (Å²) < 4.78 is 5.63. The van der Waals surface area contributed by atoms with Crippen LogP contribution in [0.2, 0.25) is 5.02 Å². The van der Waals surface area contributed by atoms with Crippen LogP contribution in [-0.4, -0.2) is 12.5 Å². The van der Waals surface area contributed by atoms with Crippen LogP contribution in [0.25, 0.3) is 6.08 Å². The Morgan fingerprint density at radius 3 is 2.73 bits per heavy atom. The number of para-hydroxylation sites is 1. The Kier molecular flexibility index (Phi) is 4.26. The molecule has 1 amide bonds. The maximum Gasteiger partial charge on any atom is 0.248 e. The number of benzene rings is 2. The summed E-state index contributed by atoms with van der Waals surface area (Å²) in [6.45, 7) is 0.460. The third kappa shape index (κ3) is 3.57. The molecule has 0 atom stereocenters. The summed E-state index contributed by atoms with van der Waals surface area (Å²) in [6.07, 6.45) is 5.28. The zero-order valence-corrected chi connectivity index (χ0v) is 12.5. The predicted octanol–water partition coefficient (Wildman–Crippen LogP) is 4.31. The van der Waals surface area contributed by atoms with Crippen LogP contribution in [0.4, 0.5) is 5.69 Å². The van der Waals surface area contributed by atoms with Gasteiger partial charge in [-0.3, -0.25) is 4.79 Å². The molecule has 1 aliphatic rings. The average Bonchev–Trinajstić information content (AvgIpc) is 2.55. The average molecular weight is 312 g/mol. The van der Waals surface area contributed by atoms with Crippen molar-refractivity contribution in [3.8, 4) is 5.75 Å². The molecule has 3 rings (SSSR count). The second-order valence-corrected chi connectivity index (χ2v) is 5.31. The molecule has 0 fully saturated rings. The summed E-state index contributed by atoms with van der Waals surface area (Å²) in [5.74, 6) is 0.673. The number of halogens is 1. The standard InChI is InChI=1S/C18H14ClNO2/c19-15-6-8-16(9-7-15)20-18(21)10-5-13-11-14-3-1-2-4-17(14)22-12-13/h1-11H,12H2,(H,20,21)/b10-5+. The largest absolute Gasteiger partial charge is 0.488 e. The summed E-state index contributed by atoms with van der Waals surface area (Å²) in [4.78, 5) is 11.9. The van der Waals surface area contributed by atoms with Crippen LogP contribution in [-0.2, 0) is 4.79 Å². The van der Waals surface area contributed by atoms with Crippen molar-refractivity contribution in [3.05, 3.63) is 76.8 Å². The number of hydrogen-bond acceptors (Lipinski definition) is 2. The van der Waals surface area contributed by atoms with Gasteiger partial charge >= 0.3 is 0 Å². The van der Waals surface area contributed by atoms with E-state index in [1.54, 1.807) is 30.3 Å².